The highest BCUT2D eigenvalue weighted by molar-refractivity contribution is 7.88. The lowest BCUT2D eigenvalue weighted by atomic mass is 10.0. The van der Waals surface area contributed by atoms with Crippen LogP contribution in [0.5, 0.6) is 0 Å². The first-order valence-electron chi connectivity index (χ1n) is 8.76. The summed E-state index contributed by atoms with van der Waals surface area (Å²) in [4.78, 5) is 28.0. The smallest absolute Gasteiger partial charge is 0.321 e. The number of piperidine rings is 1. The van der Waals surface area contributed by atoms with E-state index in [1.165, 1.54) is 0 Å². The normalized spacial score (nSPS) is 21.0. The van der Waals surface area contributed by atoms with E-state index in [4.69, 9.17) is 0 Å². The van der Waals surface area contributed by atoms with Crippen molar-refractivity contribution in [1.82, 2.24) is 14.9 Å². The molecule has 0 bridgehead atoms. The van der Waals surface area contributed by atoms with Gasteiger partial charge in [0.15, 0.2) is 0 Å². The van der Waals surface area contributed by atoms with Crippen molar-refractivity contribution >= 4 is 27.6 Å². The number of carbonyl (C=O) groups excluding carboxylic acids is 2. The summed E-state index contributed by atoms with van der Waals surface area (Å²) in [5.41, 5.74) is 1.30. The molecular formula is C17H24N4O4S. The first-order valence-corrected chi connectivity index (χ1v) is 10.7. The van der Waals surface area contributed by atoms with E-state index < -0.39 is 10.0 Å². The van der Waals surface area contributed by atoms with Crippen molar-refractivity contribution < 1.29 is 18.0 Å². The minimum Gasteiger partial charge on any atom is -0.336 e. The number of carbonyl (C=O) groups is 2. The molecule has 0 spiro atoms. The van der Waals surface area contributed by atoms with Gasteiger partial charge in [-0.2, -0.15) is 0 Å². The SMILES string of the molecule is CS(=O)(=O)NCC1CCCCN1C(=O)c1ccc(N2CCNC2=O)cc1. The number of likely N-dealkylation sites (tertiary alicyclic amines) is 1. The predicted octanol–water partition coefficient (Wildman–Crippen LogP) is 0.760. The van der Waals surface area contributed by atoms with Gasteiger partial charge >= 0.3 is 6.03 Å². The van der Waals surface area contributed by atoms with Crippen LogP contribution in [0.25, 0.3) is 0 Å². The second-order valence-corrected chi connectivity index (χ2v) is 8.53. The van der Waals surface area contributed by atoms with E-state index in [0.717, 1.165) is 31.2 Å². The highest BCUT2D eigenvalue weighted by Crippen LogP contribution is 2.22. The lowest BCUT2D eigenvalue weighted by Crippen LogP contribution is -2.49. The van der Waals surface area contributed by atoms with Crippen LogP contribution < -0.4 is 14.9 Å². The molecule has 2 aliphatic rings. The Morgan fingerprint density at radius 1 is 1.23 bits per heavy atom. The topological polar surface area (TPSA) is 98.8 Å². The van der Waals surface area contributed by atoms with E-state index >= 15 is 0 Å². The lowest BCUT2D eigenvalue weighted by molar-refractivity contribution is 0.0619. The molecule has 2 fully saturated rings. The van der Waals surface area contributed by atoms with Crippen LogP contribution >= 0.6 is 0 Å². The molecule has 0 aliphatic carbocycles. The van der Waals surface area contributed by atoms with E-state index in [2.05, 4.69) is 10.0 Å². The summed E-state index contributed by atoms with van der Waals surface area (Å²) in [5.74, 6) is -0.109. The van der Waals surface area contributed by atoms with Crippen molar-refractivity contribution in [3.05, 3.63) is 29.8 Å². The maximum atomic E-state index is 12.9. The molecule has 2 aliphatic heterocycles. The third-order valence-corrected chi connectivity index (χ3v) is 5.44. The number of urea groups is 1. The molecular weight excluding hydrogens is 356 g/mol. The van der Waals surface area contributed by atoms with Gasteiger partial charge in [0.05, 0.1) is 6.26 Å². The molecule has 26 heavy (non-hydrogen) atoms. The Morgan fingerprint density at radius 2 is 1.96 bits per heavy atom. The summed E-state index contributed by atoms with van der Waals surface area (Å²) < 4.78 is 25.2. The summed E-state index contributed by atoms with van der Waals surface area (Å²) in [6, 6.07) is 6.71. The second kappa shape index (κ2) is 7.63. The molecule has 8 nitrogen and oxygen atoms in total. The maximum absolute atomic E-state index is 12.9. The standard InChI is InChI=1S/C17H24N4O4S/c1-26(24,25)19-12-15-4-2-3-10-20(15)16(22)13-5-7-14(8-6-13)21-11-9-18-17(21)23/h5-8,15,19H,2-4,9-12H2,1H3,(H,18,23). The number of rotatable bonds is 5. The molecule has 142 valence electrons. The van der Waals surface area contributed by atoms with Crippen LogP contribution in [-0.2, 0) is 10.0 Å². The Labute approximate surface area is 153 Å². The number of anilines is 1. The molecule has 0 saturated carbocycles. The van der Waals surface area contributed by atoms with Gasteiger partial charge < -0.3 is 10.2 Å². The average molecular weight is 380 g/mol. The van der Waals surface area contributed by atoms with Crippen molar-refractivity contribution in [1.29, 1.82) is 0 Å². The zero-order chi connectivity index (χ0) is 18.7. The molecule has 3 rings (SSSR count). The molecule has 0 radical (unpaired) electrons. The van der Waals surface area contributed by atoms with Gasteiger partial charge in [-0.15, -0.1) is 0 Å². The van der Waals surface area contributed by atoms with Gasteiger partial charge in [-0.05, 0) is 43.5 Å². The number of benzene rings is 1. The molecule has 1 aromatic rings. The van der Waals surface area contributed by atoms with E-state index in [1.54, 1.807) is 34.1 Å². The molecule has 2 N–H and O–H groups in total. The fraction of sp³-hybridized carbons (Fsp3) is 0.529. The van der Waals surface area contributed by atoms with Crippen molar-refractivity contribution in [3.63, 3.8) is 0 Å². The molecule has 3 amide bonds. The molecule has 2 saturated heterocycles. The minimum absolute atomic E-state index is 0.109. The quantitative estimate of drug-likeness (QED) is 0.788. The summed E-state index contributed by atoms with van der Waals surface area (Å²) in [6.07, 6.45) is 3.78. The predicted molar refractivity (Wildman–Crippen MR) is 98.7 cm³/mol. The summed E-state index contributed by atoms with van der Waals surface area (Å²) >= 11 is 0. The number of nitrogens with zero attached hydrogens (tertiary/aromatic N) is 2. The highest BCUT2D eigenvalue weighted by atomic mass is 32.2. The molecule has 1 atom stereocenters. The minimum atomic E-state index is -3.29. The van der Waals surface area contributed by atoms with Crippen molar-refractivity contribution in [3.8, 4) is 0 Å². The van der Waals surface area contributed by atoms with Crippen molar-refractivity contribution in [2.45, 2.75) is 25.3 Å². The van der Waals surface area contributed by atoms with Crippen LogP contribution in [-0.4, -0.2) is 63.7 Å². The van der Waals surface area contributed by atoms with E-state index in [0.29, 0.717) is 25.2 Å². The Bertz CT molecular complexity index is 778. The molecule has 9 heteroatoms. The van der Waals surface area contributed by atoms with Crippen LogP contribution in [0.4, 0.5) is 10.5 Å². The first-order chi connectivity index (χ1) is 12.3. The van der Waals surface area contributed by atoms with Crippen LogP contribution in [0.1, 0.15) is 29.6 Å². The zero-order valence-corrected chi connectivity index (χ0v) is 15.6. The fourth-order valence-corrected chi connectivity index (χ4v) is 3.89. The average Bonchev–Trinajstić information content (AvgIpc) is 3.05. The molecule has 0 aromatic heterocycles. The van der Waals surface area contributed by atoms with E-state index in [-0.39, 0.29) is 24.5 Å². The summed E-state index contributed by atoms with van der Waals surface area (Å²) in [6.45, 7) is 2.07. The van der Waals surface area contributed by atoms with Gasteiger partial charge in [-0.3, -0.25) is 9.69 Å². The van der Waals surface area contributed by atoms with Crippen LogP contribution in [0.2, 0.25) is 0 Å². The summed E-state index contributed by atoms with van der Waals surface area (Å²) in [7, 11) is -3.29. The second-order valence-electron chi connectivity index (χ2n) is 6.70. The maximum Gasteiger partial charge on any atom is 0.321 e. The zero-order valence-electron chi connectivity index (χ0n) is 14.8. The monoisotopic (exact) mass is 380 g/mol. The fourth-order valence-electron chi connectivity index (χ4n) is 3.40. The van der Waals surface area contributed by atoms with Gasteiger partial charge in [-0.1, -0.05) is 0 Å². The Hall–Kier alpha value is -2.13. The summed E-state index contributed by atoms with van der Waals surface area (Å²) in [5, 5.41) is 2.74. The van der Waals surface area contributed by atoms with E-state index in [9.17, 15) is 18.0 Å². The van der Waals surface area contributed by atoms with Gasteiger partial charge in [0.2, 0.25) is 10.0 Å². The third kappa shape index (κ3) is 4.34. The number of hydrogen-bond donors (Lipinski definition) is 2. The van der Waals surface area contributed by atoms with Crippen molar-refractivity contribution in [2.24, 2.45) is 0 Å². The van der Waals surface area contributed by atoms with Crippen LogP contribution in [0.3, 0.4) is 0 Å². The van der Waals surface area contributed by atoms with Gasteiger partial charge in [0.1, 0.15) is 0 Å². The first kappa shape index (κ1) is 18.7. The van der Waals surface area contributed by atoms with Gasteiger partial charge in [-0.25, -0.2) is 17.9 Å². The van der Waals surface area contributed by atoms with Gasteiger partial charge in [0.25, 0.3) is 5.91 Å². The highest BCUT2D eigenvalue weighted by Gasteiger charge is 2.28. The third-order valence-electron chi connectivity index (χ3n) is 4.75. The van der Waals surface area contributed by atoms with Gasteiger partial charge in [0, 0.05) is 43.5 Å². The Balaban J connectivity index is 1.71. The number of hydrogen-bond acceptors (Lipinski definition) is 4. The lowest BCUT2D eigenvalue weighted by Gasteiger charge is -2.36. The van der Waals surface area contributed by atoms with Crippen LogP contribution in [0, 0.1) is 0 Å². The molecule has 2 heterocycles. The molecule has 1 unspecified atom stereocenters. The Morgan fingerprint density at radius 3 is 2.58 bits per heavy atom. The van der Waals surface area contributed by atoms with Crippen molar-refractivity contribution in [2.75, 3.05) is 37.3 Å². The Kier molecular flexibility index (Phi) is 5.47. The number of sulfonamides is 1. The van der Waals surface area contributed by atoms with Crippen LogP contribution in [0.15, 0.2) is 24.3 Å². The molecule has 1 aromatic carbocycles. The van der Waals surface area contributed by atoms with E-state index in [1.807, 2.05) is 0 Å². The number of nitrogens with one attached hydrogen (secondary N) is 2. The number of amides is 3. The largest absolute Gasteiger partial charge is 0.336 e.